The maximum Gasteiger partial charge on any atom is 0.416 e. The van der Waals surface area contributed by atoms with Crippen molar-refractivity contribution in [2.45, 2.75) is 31.0 Å². The molecule has 2 aromatic rings. The normalized spacial score (nSPS) is 18.5. The molecule has 1 fully saturated rings. The van der Waals surface area contributed by atoms with Crippen molar-refractivity contribution in [3.05, 3.63) is 76.9 Å². The quantitative estimate of drug-likeness (QED) is 0.770. The van der Waals surface area contributed by atoms with E-state index in [4.69, 9.17) is 4.99 Å². The first kappa shape index (κ1) is 19.6. The number of halogens is 3. The van der Waals surface area contributed by atoms with Crippen LogP contribution in [0.2, 0.25) is 0 Å². The number of benzene rings is 2. The van der Waals surface area contributed by atoms with Crippen molar-refractivity contribution in [1.29, 1.82) is 0 Å². The van der Waals surface area contributed by atoms with E-state index in [1.54, 1.807) is 0 Å². The van der Waals surface area contributed by atoms with E-state index in [0.717, 1.165) is 43.1 Å². The third-order valence-corrected chi connectivity index (χ3v) is 5.62. The zero-order chi connectivity index (χ0) is 20.5. The van der Waals surface area contributed by atoms with Gasteiger partial charge in [-0.25, -0.2) is 0 Å². The van der Waals surface area contributed by atoms with Gasteiger partial charge in [0.15, 0.2) is 5.78 Å². The topological polar surface area (TPSA) is 41.5 Å². The van der Waals surface area contributed by atoms with Crippen molar-refractivity contribution in [2.75, 3.05) is 13.1 Å². The van der Waals surface area contributed by atoms with Gasteiger partial charge in [0.2, 0.25) is 0 Å². The highest BCUT2D eigenvalue weighted by molar-refractivity contribution is 6.45. The summed E-state index contributed by atoms with van der Waals surface area (Å²) in [6.45, 7) is 1.63. The number of rotatable bonds is 3. The van der Waals surface area contributed by atoms with E-state index >= 15 is 0 Å². The number of allylic oxidation sites excluding steroid dienone is 1. The van der Waals surface area contributed by atoms with Crippen molar-refractivity contribution < 1.29 is 18.0 Å². The Morgan fingerprint density at radius 1 is 1.03 bits per heavy atom. The number of ketones is 1. The SMILES string of the molecule is O=C(C=Cc1ccccc1C(F)(F)F)C1=NC2(CCNCC2)c2ccccc2C1. The highest BCUT2D eigenvalue weighted by Crippen LogP contribution is 2.40. The lowest BCUT2D eigenvalue weighted by atomic mass is 9.76. The first-order valence-corrected chi connectivity index (χ1v) is 9.65. The Morgan fingerprint density at radius 3 is 2.48 bits per heavy atom. The molecule has 0 amide bonds. The Hall–Kier alpha value is -2.73. The Kier molecular flexibility index (Phi) is 5.13. The van der Waals surface area contributed by atoms with Crippen LogP contribution in [-0.2, 0) is 22.9 Å². The van der Waals surface area contributed by atoms with Crippen LogP contribution >= 0.6 is 0 Å². The molecule has 2 heterocycles. The fraction of sp³-hybridized carbons (Fsp3) is 0.304. The molecule has 1 saturated heterocycles. The van der Waals surface area contributed by atoms with Crippen LogP contribution in [0.4, 0.5) is 13.2 Å². The molecule has 0 bridgehead atoms. The molecule has 2 aliphatic rings. The third-order valence-electron chi connectivity index (χ3n) is 5.62. The summed E-state index contributed by atoms with van der Waals surface area (Å²) in [5, 5.41) is 3.32. The monoisotopic (exact) mass is 398 g/mol. The van der Waals surface area contributed by atoms with Crippen LogP contribution in [0.1, 0.15) is 35.1 Å². The van der Waals surface area contributed by atoms with Crippen LogP contribution in [0.5, 0.6) is 0 Å². The van der Waals surface area contributed by atoms with Crippen molar-refractivity contribution in [3.63, 3.8) is 0 Å². The molecular formula is C23H21F3N2O. The highest BCUT2D eigenvalue weighted by atomic mass is 19.4. The summed E-state index contributed by atoms with van der Waals surface area (Å²) in [5.74, 6) is -0.339. The van der Waals surface area contributed by atoms with Gasteiger partial charge in [0.1, 0.15) is 0 Å². The standard InChI is InChI=1S/C23H21F3N2O/c24-23(25,26)19-8-4-1-5-16(19)9-10-21(29)20-15-17-6-2-3-7-18(17)22(28-20)11-13-27-14-12-22/h1-10,27H,11-15H2. The maximum absolute atomic E-state index is 13.2. The van der Waals surface area contributed by atoms with Gasteiger partial charge in [0.25, 0.3) is 0 Å². The summed E-state index contributed by atoms with van der Waals surface area (Å²) in [4.78, 5) is 17.7. The number of hydrogen-bond acceptors (Lipinski definition) is 3. The molecule has 150 valence electrons. The summed E-state index contributed by atoms with van der Waals surface area (Å²) in [6, 6.07) is 13.2. The van der Waals surface area contributed by atoms with Gasteiger partial charge in [-0.2, -0.15) is 13.2 Å². The van der Waals surface area contributed by atoms with E-state index < -0.39 is 17.3 Å². The predicted octanol–water partition coefficient (Wildman–Crippen LogP) is 4.56. The van der Waals surface area contributed by atoms with Crippen LogP contribution < -0.4 is 5.32 Å². The number of hydrogen-bond donors (Lipinski definition) is 1. The fourth-order valence-electron chi connectivity index (χ4n) is 4.19. The van der Waals surface area contributed by atoms with E-state index in [1.165, 1.54) is 30.4 Å². The zero-order valence-corrected chi connectivity index (χ0v) is 15.8. The number of carbonyl (C=O) groups excluding carboxylic acids is 1. The molecule has 1 N–H and O–H groups in total. The van der Waals surface area contributed by atoms with Gasteiger partial charge >= 0.3 is 6.18 Å². The fourth-order valence-corrected chi connectivity index (χ4v) is 4.19. The Balaban J connectivity index is 1.65. The molecule has 0 saturated carbocycles. The Bertz CT molecular complexity index is 986. The van der Waals surface area contributed by atoms with Gasteiger partial charge in [0.05, 0.1) is 16.8 Å². The minimum absolute atomic E-state index is 0.0262. The average Bonchev–Trinajstić information content (AvgIpc) is 2.72. The van der Waals surface area contributed by atoms with Crippen molar-refractivity contribution in [1.82, 2.24) is 5.32 Å². The summed E-state index contributed by atoms with van der Waals surface area (Å²) in [5.41, 5.74) is 1.42. The van der Waals surface area contributed by atoms with Crippen LogP contribution in [-0.4, -0.2) is 24.6 Å². The summed E-state index contributed by atoms with van der Waals surface area (Å²) in [6.07, 6.45) is -0.0297. The van der Waals surface area contributed by atoms with Crippen molar-refractivity contribution in [2.24, 2.45) is 4.99 Å². The first-order chi connectivity index (χ1) is 13.9. The van der Waals surface area contributed by atoms with Crippen LogP contribution in [0.15, 0.2) is 59.6 Å². The molecule has 0 aliphatic carbocycles. The second-order valence-corrected chi connectivity index (χ2v) is 7.46. The van der Waals surface area contributed by atoms with Crippen molar-refractivity contribution in [3.8, 4) is 0 Å². The third kappa shape index (κ3) is 3.90. The lowest BCUT2D eigenvalue weighted by Gasteiger charge is -2.39. The number of piperidine rings is 1. The second kappa shape index (κ2) is 7.59. The molecule has 2 aromatic carbocycles. The lowest BCUT2D eigenvalue weighted by molar-refractivity contribution is -0.137. The van der Waals surface area contributed by atoms with E-state index in [-0.39, 0.29) is 11.3 Å². The largest absolute Gasteiger partial charge is 0.416 e. The summed E-state index contributed by atoms with van der Waals surface area (Å²) >= 11 is 0. The lowest BCUT2D eigenvalue weighted by Crippen LogP contribution is -2.42. The Morgan fingerprint density at radius 2 is 1.72 bits per heavy atom. The number of nitrogens with zero attached hydrogens (tertiary/aromatic N) is 1. The molecule has 4 rings (SSSR count). The smallest absolute Gasteiger partial charge is 0.317 e. The Labute approximate surface area is 167 Å². The number of aliphatic imine (C=N–C) groups is 1. The predicted molar refractivity (Wildman–Crippen MR) is 107 cm³/mol. The van der Waals surface area contributed by atoms with Crippen LogP contribution in [0.25, 0.3) is 6.08 Å². The number of fused-ring (bicyclic) bond motifs is 2. The number of alkyl halides is 3. The van der Waals surface area contributed by atoms with E-state index in [2.05, 4.69) is 11.4 Å². The number of carbonyl (C=O) groups is 1. The molecule has 0 aromatic heterocycles. The van der Waals surface area contributed by atoms with E-state index in [0.29, 0.717) is 12.1 Å². The summed E-state index contributed by atoms with van der Waals surface area (Å²) < 4.78 is 39.5. The van der Waals surface area contributed by atoms with Crippen LogP contribution in [0.3, 0.4) is 0 Å². The van der Waals surface area contributed by atoms with E-state index in [9.17, 15) is 18.0 Å². The zero-order valence-electron chi connectivity index (χ0n) is 15.8. The number of nitrogens with one attached hydrogen (secondary N) is 1. The highest BCUT2D eigenvalue weighted by Gasteiger charge is 2.39. The van der Waals surface area contributed by atoms with Crippen LogP contribution in [0, 0.1) is 0 Å². The molecule has 2 aliphatic heterocycles. The van der Waals surface area contributed by atoms with Gasteiger partial charge in [-0.1, -0.05) is 48.5 Å². The van der Waals surface area contributed by atoms with Gasteiger partial charge < -0.3 is 5.32 Å². The average molecular weight is 398 g/mol. The molecule has 0 atom stereocenters. The van der Waals surface area contributed by atoms with Crippen molar-refractivity contribution >= 4 is 17.6 Å². The molecule has 1 spiro atoms. The molecule has 3 nitrogen and oxygen atoms in total. The molecule has 6 heteroatoms. The summed E-state index contributed by atoms with van der Waals surface area (Å²) in [7, 11) is 0. The molecular weight excluding hydrogens is 377 g/mol. The van der Waals surface area contributed by atoms with Gasteiger partial charge in [0, 0.05) is 6.42 Å². The molecule has 0 radical (unpaired) electrons. The minimum atomic E-state index is -4.47. The molecule has 29 heavy (non-hydrogen) atoms. The molecule has 0 unspecified atom stereocenters. The first-order valence-electron chi connectivity index (χ1n) is 9.65. The maximum atomic E-state index is 13.2. The van der Waals surface area contributed by atoms with Gasteiger partial charge in [-0.15, -0.1) is 0 Å². The van der Waals surface area contributed by atoms with E-state index in [1.807, 2.05) is 18.2 Å². The van der Waals surface area contributed by atoms with Gasteiger partial charge in [-0.05, 0) is 54.8 Å². The minimum Gasteiger partial charge on any atom is -0.317 e. The van der Waals surface area contributed by atoms with Gasteiger partial charge in [-0.3, -0.25) is 9.79 Å². The second-order valence-electron chi connectivity index (χ2n) is 7.46.